The average Bonchev–Trinajstić information content (AvgIpc) is 2.77. The highest BCUT2D eigenvalue weighted by Crippen LogP contribution is 2.29. The van der Waals surface area contributed by atoms with E-state index in [1.807, 2.05) is 0 Å². The molecule has 0 fully saturated rings. The molecule has 0 spiro atoms. The lowest BCUT2D eigenvalue weighted by Crippen LogP contribution is -2.31. The van der Waals surface area contributed by atoms with E-state index in [1.54, 1.807) is 13.0 Å². The van der Waals surface area contributed by atoms with Gasteiger partial charge in [-0.25, -0.2) is 4.39 Å². The van der Waals surface area contributed by atoms with Crippen molar-refractivity contribution in [2.24, 2.45) is 5.73 Å². The van der Waals surface area contributed by atoms with Crippen molar-refractivity contribution in [1.29, 1.82) is 0 Å². The molecule has 0 bridgehead atoms. The van der Waals surface area contributed by atoms with Gasteiger partial charge in [-0.15, -0.1) is 0 Å². The van der Waals surface area contributed by atoms with Crippen molar-refractivity contribution in [3.63, 3.8) is 0 Å². The zero-order chi connectivity index (χ0) is 14.9. The number of hydrogen-bond donors (Lipinski definition) is 1. The van der Waals surface area contributed by atoms with Crippen molar-refractivity contribution in [2.75, 3.05) is 0 Å². The summed E-state index contributed by atoms with van der Waals surface area (Å²) in [5.41, 5.74) is 5.27. The number of nitrogens with zero attached hydrogens (tertiary/aromatic N) is 2. The van der Waals surface area contributed by atoms with Crippen LogP contribution in [0.2, 0.25) is 0 Å². The van der Waals surface area contributed by atoms with Gasteiger partial charge in [0.15, 0.2) is 5.69 Å². The molecule has 0 saturated heterocycles. The normalized spacial score (nSPS) is 15.1. The van der Waals surface area contributed by atoms with Gasteiger partial charge < -0.3 is 5.73 Å². The largest absolute Gasteiger partial charge is 0.435 e. The molecule has 0 aliphatic carbocycles. The second-order valence-corrected chi connectivity index (χ2v) is 4.54. The lowest BCUT2D eigenvalue weighted by atomic mass is 10.0. The van der Waals surface area contributed by atoms with Crippen molar-refractivity contribution >= 4 is 0 Å². The minimum atomic E-state index is -4.52. The molecule has 2 rings (SSSR count). The molecule has 2 N–H and O–H groups in total. The van der Waals surface area contributed by atoms with Gasteiger partial charge in [0.2, 0.25) is 0 Å². The quantitative estimate of drug-likeness (QED) is 0.882. The summed E-state index contributed by atoms with van der Waals surface area (Å²) in [6, 6.07) is 5.25. The summed E-state index contributed by atoms with van der Waals surface area (Å²) in [7, 11) is 0. The molecular weight excluding hydrogens is 274 g/mol. The zero-order valence-electron chi connectivity index (χ0n) is 10.6. The highest BCUT2D eigenvalue weighted by atomic mass is 19.4. The predicted octanol–water partition coefficient (Wildman–Crippen LogP) is 2.98. The first-order valence-corrected chi connectivity index (χ1v) is 5.92. The number of hydrogen-bond acceptors (Lipinski definition) is 2. The van der Waals surface area contributed by atoms with Crippen LogP contribution in [-0.4, -0.2) is 15.8 Å². The van der Waals surface area contributed by atoms with Crippen molar-refractivity contribution in [2.45, 2.75) is 25.2 Å². The minimum absolute atomic E-state index is 0.469. The Kier molecular flexibility index (Phi) is 3.80. The van der Waals surface area contributed by atoms with Gasteiger partial charge in [-0.05, 0) is 30.7 Å². The van der Waals surface area contributed by atoms with Gasteiger partial charge in [0.1, 0.15) is 5.82 Å². The van der Waals surface area contributed by atoms with Gasteiger partial charge in [-0.3, -0.25) is 4.68 Å². The van der Waals surface area contributed by atoms with Crippen molar-refractivity contribution < 1.29 is 17.6 Å². The van der Waals surface area contributed by atoms with E-state index in [2.05, 4.69) is 5.10 Å². The number of nitrogens with two attached hydrogens (primary N) is 1. The molecule has 7 heteroatoms. The fourth-order valence-electron chi connectivity index (χ4n) is 2.03. The first-order valence-electron chi connectivity index (χ1n) is 5.92. The van der Waals surface area contributed by atoms with E-state index >= 15 is 0 Å². The molecule has 0 radical (unpaired) electrons. The van der Waals surface area contributed by atoms with Gasteiger partial charge in [0, 0.05) is 12.2 Å². The van der Waals surface area contributed by atoms with Gasteiger partial charge >= 0.3 is 6.18 Å². The third-order valence-electron chi connectivity index (χ3n) is 2.87. The minimum Gasteiger partial charge on any atom is -0.326 e. The number of aromatic nitrogens is 2. The van der Waals surface area contributed by atoms with Crippen LogP contribution in [0.3, 0.4) is 0 Å². The summed E-state index contributed by atoms with van der Waals surface area (Å²) in [5, 5.41) is 3.50. The Balaban J connectivity index is 2.42. The summed E-state index contributed by atoms with van der Waals surface area (Å²) in [4.78, 5) is 0. The molecule has 2 unspecified atom stereocenters. The molecule has 0 aliphatic rings. The molecule has 20 heavy (non-hydrogen) atoms. The molecule has 108 valence electrons. The van der Waals surface area contributed by atoms with E-state index in [0.29, 0.717) is 5.56 Å². The second kappa shape index (κ2) is 5.24. The van der Waals surface area contributed by atoms with Crippen LogP contribution in [-0.2, 0) is 6.18 Å². The van der Waals surface area contributed by atoms with Gasteiger partial charge in [-0.2, -0.15) is 18.3 Å². The second-order valence-electron chi connectivity index (χ2n) is 4.54. The van der Waals surface area contributed by atoms with Crippen LogP contribution < -0.4 is 5.73 Å². The first kappa shape index (κ1) is 14.5. The molecule has 1 aromatic heterocycles. The summed E-state index contributed by atoms with van der Waals surface area (Å²) in [6.07, 6.45) is -3.32. The highest BCUT2D eigenvalue weighted by Gasteiger charge is 2.34. The number of halogens is 4. The van der Waals surface area contributed by atoms with E-state index in [0.717, 1.165) is 10.7 Å². The van der Waals surface area contributed by atoms with Crippen LogP contribution in [0.25, 0.3) is 0 Å². The SMILES string of the molecule is CC(N)C(c1cccc(F)c1)n1ccc(C(F)(F)F)n1. The number of alkyl halides is 3. The van der Waals surface area contributed by atoms with E-state index in [9.17, 15) is 17.6 Å². The smallest absolute Gasteiger partial charge is 0.326 e. The standard InChI is InChI=1S/C13H13F4N3/c1-8(18)12(9-3-2-4-10(14)7-9)20-6-5-11(19-20)13(15,16)17/h2-8,12H,18H2,1H3. The Morgan fingerprint density at radius 3 is 2.45 bits per heavy atom. The van der Waals surface area contributed by atoms with E-state index in [1.165, 1.54) is 24.4 Å². The van der Waals surface area contributed by atoms with E-state index < -0.39 is 29.8 Å². The highest BCUT2D eigenvalue weighted by molar-refractivity contribution is 5.22. The zero-order valence-corrected chi connectivity index (χ0v) is 10.6. The molecule has 2 atom stereocenters. The molecule has 0 aliphatic heterocycles. The fraction of sp³-hybridized carbons (Fsp3) is 0.308. The third-order valence-corrected chi connectivity index (χ3v) is 2.87. The van der Waals surface area contributed by atoms with E-state index in [4.69, 9.17) is 5.73 Å². The van der Waals surface area contributed by atoms with Gasteiger partial charge in [0.25, 0.3) is 0 Å². The predicted molar refractivity (Wildman–Crippen MR) is 65.4 cm³/mol. The van der Waals surface area contributed by atoms with Crippen LogP contribution in [0.15, 0.2) is 36.5 Å². The molecule has 0 saturated carbocycles. The number of rotatable bonds is 3. The first-order chi connectivity index (χ1) is 9.29. The van der Waals surface area contributed by atoms with Crippen molar-refractivity contribution in [3.8, 4) is 0 Å². The van der Waals surface area contributed by atoms with Gasteiger partial charge in [0.05, 0.1) is 6.04 Å². The lowest BCUT2D eigenvalue weighted by molar-refractivity contribution is -0.141. The molecule has 3 nitrogen and oxygen atoms in total. The van der Waals surface area contributed by atoms with Crippen LogP contribution in [0.4, 0.5) is 17.6 Å². The third kappa shape index (κ3) is 2.98. The Labute approximate surface area is 113 Å². The molecular formula is C13H13F4N3. The van der Waals surface area contributed by atoms with Crippen LogP contribution in [0.5, 0.6) is 0 Å². The fourth-order valence-corrected chi connectivity index (χ4v) is 2.03. The monoisotopic (exact) mass is 287 g/mol. The Morgan fingerprint density at radius 1 is 1.25 bits per heavy atom. The van der Waals surface area contributed by atoms with Gasteiger partial charge in [-0.1, -0.05) is 12.1 Å². The van der Waals surface area contributed by atoms with Crippen LogP contribution >= 0.6 is 0 Å². The lowest BCUT2D eigenvalue weighted by Gasteiger charge is -2.22. The maximum absolute atomic E-state index is 13.3. The molecule has 2 aromatic rings. The maximum atomic E-state index is 13.3. The Hall–Kier alpha value is -1.89. The van der Waals surface area contributed by atoms with Crippen molar-refractivity contribution in [3.05, 3.63) is 53.6 Å². The molecule has 1 aromatic carbocycles. The average molecular weight is 287 g/mol. The van der Waals surface area contributed by atoms with Crippen molar-refractivity contribution in [1.82, 2.24) is 9.78 Å². The molecule has 1 heterocycles. The topological polar surface area (TPSA) is 43.8 Å². The van der Waals surface area contributed by atoms with Crippen LogP contribution in [0.1, 0.15) is 24.2 Å². The van der Waals surface area contributed by atoms with E-state index in [-0.39, 0.29) is 0 Å². The Morgan fingerprint density at radius 2 is 1.95 bits per heavy atom. The summed E-state index contributed by atoms with van der Waals surface area (Å²) >= 11 is 0. The van der Waals surface area contributed by atoms with Crippen LogP contribution in [0, 0.1) is 5.82 Å². The number of benzene rings is 1. The maximum Gasteiger partial charge on any atom is 0.435 e. The summed E-state index contributed by atoms with van der Waals surface area (Å²) in [5.74, 6) is -0.476. The Bertz CT molecular complexity index is 589. The summed E-state index contributed by atoms with van der Waals surface area (Å²) in [6.45, 7) is 1.63. The summed E-state index contributed by atoms with van der Waals surface area (Å²) < 4.78 is 52.1. The molecule has 0 amide bonds.